The number of hydrogen-bond donors (Lipinski definition) is 2. The number of hydrogen-bond acceptors (Lipinski definition) is 5. The quantitative estimate of drug-likeness (QED) is 0.823. The maximum atomic E-state index is 12.2. The molecule has 0 aliphatic heterocycles. The standard InChI is InChI=1S/C14H14BrN3O5/c1-14(2,3)23-13(22)17-18-6-9(12(20)21)10(19)8-4-7(15)5-16-11(8)18/h4-6H,1-3H3,(H,17,22)(H,20,21). The van der Waals surface area contributed by atoms with Crippen LogP contribution in [-0.2, 0) is 4.74 Å². The number of rotatable bonds is 2. The average molecular weight is 384 g/mol. The largest absolute Gasteiger partial charge is 0.477 e. The molecule has 2 aromatic rings. The molecule has 2 heterocycles. The van der Waals surface area contributed by atoms with Gasteiger partial charge in [-0.15, -0.1) is 0 Å². The molecule has 0 radical (unpaired) electrons. The third-order valence-corrected chi connectivity index (χ3v) is 3.08. The summed E-state index contributed by atoms with van der Waals surface area (Å²) in [5, 5.41) is 9.20. The number of aromatic nitrogens is 2. The number of carbonyl (C=O) groups excluding carboxylic acids is 1. The number of halogens is 1. The highest BCUT2D eigenvalue weighted by atomic mass is 79.9. The van der Waals surface area contributed by atoms with Crippen molar-refractivity contribution in [3.8, 4) is 0 Å². The van der Waals surface area contributed by atoms with Crippen molar-refractivity contribution < 1.29 is 19.4 Å². The Morgan fingerprint density at radius 2 is 2.04 bits per heavy atom. The van der Waals surface area contributed by atoms with E-state index in [0.29, 0.717) is 4.47 Å². The minimum Gasteiger partial charge on any atom is -0.477 e. The van der Waals surface area contributed by atoms with Crippen LogP contribution in [0.2, 0.25) is 0 Å². The van der Waals surface area contributed by atoms with E-state index in [1.165, 1.54) is 12.3 Å². The summed E-state index contributed by atoms with van der Waals surface area (Å²) in [6, 6.07) is 1.43. The Kier molecular flexibility index (Phi) is 4.42. The second-order valence-corrected chi connectivity index (χ2v) is 6.60. The van der Waals surface area contributed by atoms with Crippen LogP contribution >= 0.6 is 15.9 Å². The summed E-state index contributed by atoms with van der Waals surface area (Å²) in [5.41, 5.74) is 0.550. The van der Waals surface area contributed by atoms with E-state index in [2.05, 4.69) is 26.3 Å². The number of carbonyl (C=O) groups is 2. The molecule has 0 unspecified atom stereocenters. The van der Waals surface area contributed by atoms with Crippen molar-refractivity contribution in [3.63, 3.8) is 0 Å². The molecule has 0 aliphatic rings. The number of nitrogens with zero attached hydrogens (tertiary/aromatic N) is 2. The topological polar surface area (TPSA) is 111 Å². The minimum absolute atomic E-state index is 0.0512. The van der Waals surface area contributed by atoms with E-state index < -0.39 is 28.7 Å². The average Bonchev–Trinajstić information content (AvgIpc) is 2.39. The van der Waals surface area contributed by atoms with Gasteiger partial charge in [-0.2, -0.15) is 0 Å². The fraction of sp³-hybridized carbons (Fsp3) is 0.286. The van der Waals surface area contributed by atoms with E-state index in [1.807, 2.05) is 0 Å². The van der Waals surface area contributed by atoms with Crippen LogP contribution in [0.4, 0.5) is 4.79 Å². The number of amides is 1. The second-order valence-electron chi connectivity index (χ2n) is 5.69. The molecule has 0 spiro atoms. The zero-order valence-electron chi connectivity index (χ0n) is 12.6. The van der Waals surface area contributed by atoms with Crippen LogP contribution in [-0.4, -0.2) is 32.4 Å². The number of fused-ring (bicyclic) bond motifs is 1. The van der Waals surface area contributed by atoms with Gasteiger partial charge in [-0.05, 0) is 42.8 Å². The van der Waals surface area contributed by atoms with Crippen LogP contribution in [0.25, 0.3) is 11.0 Å². The highest BCUT2D eigenvalue weighted by Gasteiger charge is 2.20. The molecule has 2 aromatic heterocycles. The maximum Gasteiger partial charge on any atom is 0.427 e. The maximum absolute atomic E-state index is 12.2. The van der Waals surface area contributed by atoms with Gasteiger partial charge in [0.15, 0.2) is 5.65 Å². The molecule has 0 saturated heterocycles. The van der Waals surface area contributed by atoms with Crippen LogP contribution in [0, 0.1) is 0 Å². The summed E-state index contributed by atoms with van der Waals surface area (Å²) in [6.45, 7) is 5.07. The van der Waals surface area contributed by atoms with Crippen molar-refractivity contribution in [1.29, 1.82) is 0 Å². The van der Waals surface area contributed by atoms with Gasteiger partial charge >= 0.3 is 12.1 Å². The van der Waals surface area contributed by atoms with E-state index in [-0.39, 0.29) is 11.0 Å². The summed E-state index contributed by atoms with van der Waals surface area (Å²) in [6.07, 6.45) is 1.62. The van der Waals surface area contributed by atoms with Gasteiger partial charge in [0, 0.05) is 16.9 Å². The molecular weight excluding hydrogens is 370 g/mol. The van der Waals surface area contributed by atoms with Crippen LogP contribution < -0.4 is 10.9 Å². The van der Waals surface area contributed by atoms with Gasteiger partial charge in [-0.1, -0.05) is 0 Å². The number of nitrogens with one attached hydrogen (secondary N) is 1. The molecule has 9 heteroatoms. The molecule has 0 atom stereocenters. The van der Waals surface area contributed by atoms with Crippen molar-refractivity contribution in [2.45, 2.75) is 26.4 Å². The lowest BCUT2D eigenvalue weighted by atomic mass is 10.2. The first kappa shape index (κ1) is 16.9. The number of carboxylic acid groups (broad SMARTS) is 1. The third-order valence-electron chi connectivity index (χ3n) is 2.65. The van der Waals surface area contributed by atoms with Gasteiger partial charge < -0.3 is 9.84 Å². The molecule has 8 nitrogen and oxygen atoms in total. The molecule has 2 N–H and O–H groups in total. The second kappa shape index (κ2) is 5.99. The molecule has 23 heavy (non-hydrogen) atoms. The van der Waals surface area contributed by atoms with E-state index in [0.717, 1.165) is 10.9 Å². The fourth-order valence-corrected chi connectivity index (χ4v) is 2.15. The molecular formula is C14H14BrN3O5. The number of aromatic carboxylic acids is 1. The predicted octanol–water partition coefficient (Wildman–Crippen LogP) is 2.34. The van der Waals surface area contributed by atoms with Crippen LogP contribution in [0.3, 0.4) is 0 Å². The number of pyridine rings is 2. The first-order valence-electron chi connectivity index (χ1n) is 6.53. The van der Waals surface area contributed by atoms with E-state index >= 15 is 0 Å². The Bertz CT molecular complexity index is 854. The Labute approximate surface area is 139 Å². The molecule has 1 amide bonds. The molecule has 0 bridgehead atoms. The Balaban J connectivity index is 2.59. The van der Waals surface area contributed by atoms with Crippen molar-refractivity contribution in [3.05, 3.63) is 38.7 Å². The summed E-state index contributed by atoms with van der Waals surface area (Å²) >= 11 is 3.17. The van der Waals surface area contributed by atoms with Crippen molar-refractivity contribution >= 4 is 39.0 Å². The molecule has 122 valence electrons. The van der Waals surface area contributed by atoms with Gasteiger partial charge in [0.25, 0.3) is 0 Å². The number of carboxylic acids is 1. The fourth-order valence-electron chi connectivity index (χ4n) is 1.82. The first-order valence-corrected chi connectivity index (χ1v) is 7.32. The van der Waals surface area contributed by atoms with Gasteiger partial charge in [0.05, 0.1) is 5.39 Å². The number of ether oxygens (including phenoxy) is 1. The van der Waals surface area contributed by atoms with Crippen molar-refractivity contribution in [2.75, 3.05) is 5.43 Å². The summed E-state index contributed by atoms with van der Waals surface area (Å²) < 4.78 is 6.68. The SMILES string of the molecule is CC(C)(C)OC(=O)Nn1cc(C(=O)O)c(=O)c2cc(Br)cnc21. The molecule has 2 rings (SSSR count). The van der Waals surface area contributed by atoms with Crippen molar-refractivity contribution in [2.24, 2.45) is 0 Å². The van der Waals surface area contributed by atoms with Crippen molar-refractivity contribution in [1.82, 2.24) is 9.66 Å². The first-order chi connectivity index (χ1) is 10.6. The summed E-state index contributed by atoms with van der Waals surface area (Å²) in [7, 11) is 0. The Morgan fingerprint density at radius 3 is 2.61 bits per heavy atom. The molecule has 0 saturated carbocycles. The summed E-state index contributed by atoms with van der Waals surface area (Å²) in [5.74, 6) is -1.41. The van der Waals surface area contributed by atoms with E-state index in [9.17, 15) is 14.4 Å². The van der Waals surface area contributed by atoms with E-state index in [1.54, 1.807) is 20.8 Å². The van der Waals surface area contributed by atoms with Gasteiger partial charge in [-0.3, -0.25) is 4.79 Å². The lowest BCUT2D eigenvalue weighted by molar-refractivity contribution is 0.0610. The Morgan fingerprint density at radius 1 is 1.39 bits per heavy atom. The van der Waals surface area contributed by atoms with Gasteiger partial charge in [0.2, 0.25) is 5.43 Å². The monoisotopic (exact) mass is 383 g/mol. The minimum atomic E-state index is -1.41. The Hall–Kier alpha value is -2.42. The highest BCUT2D eigenvalue weighted by molar-refractivity contribution is 9.10. The van der Waals surface area contributed by atoms with E-state index in [4.69, 9.17) is 9.84 Å². The summed E-state index contributed by atoms with van der Waals surface area (Å²) in [4.78, 5) is 39.4. The highest BCUT2D eigenvalue weighted by Crippen LogP contribution is 2.15. The van der Waals surface area contributed by atoms with Gasteiger partial charge in [0.1, 0.15) is 11.2 Å². The normalized spacial score (nSPS) is 11.3. The molecule has 0 fully saturated rings. The lowest BCUT2D eigenvalue weighted by Crippen LogP contribution is -2.33. The lowest BCUT2D eigenvalue weighted by Gasteiger charge is -2.21. The zero-order chi connectivity index (χ0) is 17.4. The van der Waals surface area contributed by atoms with Gasteiger partial charge in [-0.25, -0.2) is 24.7 Å². The molecule has 0 aromatic carbocycles. The predicted molar refractivity (Wildman–Crippen MR) is 86.3 cm³/mol. The molecule has 0 aliphatic carbocycles. The van der Waals surface area contributed by atoms with Crippen LogP contribution in [0.5, 0.6) is 0 Å². The third kappa shape index (κ3) is 3.86. The van der Waals surface area contributed by atoms with Crippen LogP contribution in [0.15, 0.2) is 27.7 Å². The van der Waals surface area contributed by atoms with Crippen LogP contribution in [0.1, 0.15) is 31.1 Å². The smallest absolute Gasteiger partial charge is 0.427 e. The zero-order valence-corrected chi connectivity index (χ0v) is 14.2.